The summed E-state index contributed by atoms with van der Waals surface area (Å²) in [6.07, 6.45) is 2.38. The fourth-order valence-electron chi connectivity index (χ4n) is 2.01. The predicted octanol–water partition coefficient (Wildman–Crippen LogP) is 3.22. The molecule has 1 amide bonds. The van der Waals surface area contributed by atoms with Gasteiger partial charge < -0.3 is 10.1 Å². The van der Waals surface area contributed by atoms with Gasteiger partial charge in [0.1, 0.15) is 5.56 Å². The number of fused-ring (bicyclic) bond motifs is 1. The van der Waals surface area contributed by atoms with E-state index in [2.05, 4.69) is 10.4 Å². The van der Waals surface area contributed by atoms with E-state index in [0.717, 1.165) is 13.0 Å². The molecule has 0 atom stereocenters. The topological polar surface area (TPSA) is 56.2 Å². The zero-order valence-corrected chi connectivity index (χ0v) is 11.9. The molecule has 2 heterocycles. The molecule has 0 saturated heterocycles. The molecule has 0 saturated carbocycles. The Morgan fingerprint density at radius 3 is 3.10 bits per heavy atom. The second kappa shape index (κ2) is 5.34. The first-order chi connectivity index (χ1) is 9.65. The number of hydrogen-bond donors (Lipinski definition) is 1. The lowest BCUT2D eigenvalue weighted by atomic mass is 10.2. The van der Waals surface area contributed by atoms with Crippen LogP contribution in [-0.2, 0) is 6.54 Å². The van der Waals surface area contributed by atoms with Gasteiger partial charge in [0.15, 0.2) is 0 Å². The summed E-state index contributed by atoms with van der Waals surface area (Å²) < 4.78 is 7.17. The number of rotatable bonds is 2. The van der Waals surface area contributed by atoms with Crippen molar-refractivity contribution in [3.63, 3.8) is 0 Å². The molecule has 2 aromatic rings. The van der Waals surface area contributed by atoms with E-state index in [1.165, 1.54) is 6.20 Å². The summed E-state index contributed by atoms with van der Waals surface area (Å²) in [7, 11) is 0. The monoisotopic (exact) mass is 311 g/mol. The first-order valence-electron chi connectivity index (χ1n) is 6.10. The Labute approximate surface area is 125 Å². The molecule has 104 valence electrons. The summed E-state index contributed by atoms with van der Waals surface area (Å²) in [5, 5.41) is 7.77. The molecule has 1 aromatic heterocycles. The van der Waals surface area contributed by atoms with Crippen LogP contribution in [-0.4, -0.2) is 22.3 Å². The van der Waals surface area contributed by atoms with E-state index in [4.69, 9.17) is 27.9 Å². The second-order valence-corrected chi connectivity index (χ2v) is 5.21. The first kappa shape index (κ1) is 13.3. The fourth-order valence-corrected chi connectivity index (χ4v) is 2.34. The average Bonchev–Trinajstić information content (AvgIpc) is 2.87. The normalized spacial score (nSPS) is 13.5. The Balaban J connectivity index is 1.86. The molecular formula is C13H11Cl2N3O2. The van der Waals surface area contributed by atoms with Gasteiger partial charge in [0.25, 0.3) is 5.91 Å². The highest BCUT2D eigenvalue weighted by atomic mass is 35.5. The standard InChI is InChI=1S/C13H11Cl2N3O2/c14-8-2-3-10(15)11(6-8)17-12(19)9-7-16-18-4-1-5-20-13(9)18/h2-3,6-7H,1,4-5H2,(H,17,19). The van der Waals surface area contributed by atoms with Crippen molar-refractivity contribution in [3.05, 3.63) is 40.0 Å². The van der Waals surface area contributed by atoms with Gasteiger partial charge in [0.2, 0.25) is 5.88 Å². The summed E-state index contributed by atoms with van der Waals surface area (Å²) in [6, 6.07) is 4.88. The number of hydrogen-bond acceptors (Lipinski definition) is 3. The van der Waals surface area contributed by atoms with Gasteiger partial charge in [-0.25, -0.2) is 4.68 Å². The molecule has 0 aliphatic carbocycles. The molecule has 3 rings (SSSR count). The van der Waals surface area contributed by atoms with Gasteiger partial charge in [-0.15, -0.1) is 0 Å². The Kier molecular flexibility index (Phi) is 3.54. The van der Waals surface area contributed by atoms with Crippen molar-refractivity contribution in [1.82, 2.24) is 9.78 Å². The molecule has 0 spiro atoms. The number of nitrogens with one attached hydrogen (secondary N) is 1. The number of nitrogens with zero attached hydrogens (tertiary/aromatic N) is 2. The van der Waals surface area contributed by atoms with Crippen LogP contribution in [0.5, 0.6) is 5.88 Å². The predicted molar refractivity (Wildman–Crippen MR) is 76.8 cm³/mol. The van der Waals surface area contributed by atoms with Crippen LogP contribution in [0.15, 0.2) is 24.4 Å². The van der Waals surface area contributed by atoms with Crippen LogP contribution in [0, 0.1) is 0 Å². The van der Waals surface area contributed by atoms with Gasteiger partial charge in [0.05, 0.1) is 23.5 Å². The molecule has 0 fully saturated rings. The van der Waals surface area contributed by atoms with E-state index in [9.17, 15) is 4.79 Å². The van der Waals surface area contributed by atoms with Crippen LogP contribution in [0.4, 0.5) is 5.69 Å². The van der Waals surface area contributed by atoms with Gasteiger partial charge >= 0.3 is 0 Å². The number of anilines is 1. The zero-order valence-electron chi connectivity index (χ0n) is 10.4. The van der Waals surface area contributed by atoms with Crippen LogP contribution < -0.4 is 10.1 Å². The number of amides is 1. The van der Waals surface area contributed by atoms with E-state index >= 15 is 0 Å². The highest BCUT2D eigenvalue weighted by Gasteiger charge is 2.22. The maximum Gasteiger partial charge on any atom is 0.262 e. The minimum Gasteiger partial charge on any atom is -0.477 e. The summed E-state index contributed by atoms with van der Waals surface area (Å²) in [5.74, 6) is 0.171. The third-order valence-electron chi connectivity index (χ3n) is 2.97. The minimum atomic E-state index is -0.322. The molecule has 1 aliphatic rings. The van der Waals surface area contributed by atoms with Crippen LogP contribution in [0.3, 0.4) is 0 Å². The zero-order chi connectivity index (χ0) is 14.1. The first-order valence-corrected chi connectivity index (χ1v) is 6.86. The van der Waals surface area contributed by atoms with Crippen LogP contribution in [0.1, 0.15) is 16.8 Å². The number of benzene rings is 1. The van der Waals surface area contributed by atoms with E-state index < -0.39 is 0 Å². The number of carbonyl (C=O) groups excluding carboxylic acids is 1. The number of carbonyl (C=O) groups is 1. The van der Waals surface area contributed by atoms with E-state index in [-0.39, 0.29) is 5.91 Å². The average molecular weight is 312 g/mol. The molecule has 0 radical (unpaired) electrons. The number of ether oxygens (including phenoxy) is 1. The lowest BCUT2D eigenvalue weighted by Gasteiger charge is -2.16. The van der Waals surface area contributed by atoms with Crippen molar-refractivity contribution in [2.45, 2.75) is 13.0 Å². The molecule has 20 heavy (non-hydrogen) atoms. The number of halogens is 2. The van der Waals surface area contributed by atoms with Crippen molar-refractivity contribution < 1.29 is 9.53 Å². The highest BCUT2D eigenvalue weighted by Crippen LogP contribution is 2.28. The molecule has 1 N–H and O–H groups in total. The minimum absolute atomic E-state index is 0.322. The fraction of sp³-hybridized carbons (Fsp3) is 0.231. The van der Waals surface area contributed by atoms with Crippen molar-refractivity contribution in [1.29, 1.82) is 0 Å². The molecule has 1 aliphatic heterocycles. The van der Waals surface area contributed by atoms with Gasteiger partial charge in [-0.05, 0) is 18.2 Å². The van der Waals surface area contributed by atoms with Gasteiger partial charge in [-0.2, -0.15) is 5.10 Å². The Morgan fingerprint density at radius 2 is 2.25 bits per heavy atom. The van der Waals surface area contributed by atoms with Crippen LogP contribution in [0.2, 0.25) is 10.0 Å². The van der Waals surface area contributed by atoms with Crippen LogP contribution >= 0.6 is 23.2 Å². The molecule has 0 unspecified atom stereocenters. The largest absolute Gasteiger partial charge is 0.477 e. The molecular weight excluding hydrogens is 301 g/mol. The van der Waals surface area contributed by atoms with Gasteiger partial charge in [-0.3, -0.25) is 4.79 Å². The Hall–Kier alpha value is -1.72. The summed E-state index contributed by atoms with van der Waals surface area (Å²) in [6.45, 7) is 1.34. The third kappa shape index (κ3) is 2.46. The van der Waals surface area contributed by atoms with Crippen LogP contribution in [0.25, 0.3) is 0 Å². The van der Waals surface area contributed by atoms with Crippen molar-refractivity contribution in [3.8, 4) is 5.88 Å². The van der Waals surface area contributed by atoms with Gasteiger partial charge in [0, 0.05) is 18.0 Å². The quantitative estimate of drug-likeness (QED) is 0.926. The van der Waals surface area contributed by atoms with E-state index in [0.29, 0.717) is 33.8 Å². The molecule has 1 aromatic carbocycles. The van der Waals surface area contributed by atoms with E-state index in [1.54, 1.807) is 22.9 Å². The van der Waals surface area contributed by atoms with E-state index in [1.807, 2.05) is 0 Å². The lowest BCUT2D eigenvalue weighted by Crippen LogP contribution is -2.18. The maximum atomic E-state index is 12.3. The van der Waals surface area contributed by atoms with Crippen molar-refractivity contribution in [2.24, 2.45) is 0 Å². The second-order valence-electron chi connectivity index (χ2n) is 4.37. The summed E-state index contributed by atoms with van der Waals surface area (Å²) in [5.41, 5.74) is 0.848. The highest BCUT2D eigenvalue weighted by molar-refractivity contribution is 6.35. The maximum absolute atomic E-state index is 12.3. The Bertz CT molecular complexity index is 670. The SMILES string of the molecule is O=C(Nc1cc(Cl)ccc1Cl)c1cnn2c1OCCC2. The van der Waals surface area contributed by atoms with Crippen molar-refractivity contribution >= 4 is 34.8 Å². The molecule has 5 nitrogen and oxygen atoms in total. The van der Waals surface area contributed by atoms with Gasteiger partial charge in [-0.1, -0.05) is 23.2 Å². The molecule has 7 heteroatoms. The Morgan fingerprint density at radius 1 is 1.40 bits per heavy atom. The third-order valence-corrected chi connectivity index (χ3v) is 3.53. The number of aryl methyl sites for hydroxylation is 1. The summed E-state index contributed by atoms with van der Waals surface area (Å²) in [4.78, 5) is 12.3. The number of aromatic nitrogens is 2. The molecule has 0 bridgehead atoms. The van der Waals surface area contributed by atoms with Crippen molar-refractivity contribution in [2.75, 3.05) is 11.9 Å². The smallest absolute Gasteiger partial charge is 0.262 e. The summed E-state index contributed by atoms with van der Waals surface area (Å²) >= 11 is 11.9. The lowest BCUT2D eigenvalue weighted by molar-refractivity contribution is 0.102.